The summed E-state index contributed by atoms with van der Waals surface area (Å²) >= 11 is -0.156. The first-order valence-corrected chi connectivity index (χ1v) is 7.42. The van der Waals surface area contributed by atoms with Crippen LogP contribution in [0.3, 0.4) is 0 Å². The average molecular weight is 325 g/mol. The molecule has 0 aromatic heterocycles. The van der Waals surface area contributed by atoms with Crippen LogP contribution in [0.4, 0.5) is 17.6 Å². The number of rotatable bonds is 6. The van der Waals surface area contributed by atoms with E-state index in [4.69, 9.17) is 4.74 Å². The van der Waals surface area contributed by atoms with Crippen LogP contribution < -0.4 is 10.1 Å². The van der Waals surface area contributed by atoms with Crippen LogP contribution in [0.15, 0.2) is 18.2 Å². The molecule has 120 valence electrons. The largest absolute Gasteiger partial charge is 0.493 e. The molecule has 0 saturated carbocycles. The Kier molecular flexibility index (Phi) is 6.34. The SMILES string of the molecule is CC(C)(C)NCc1cc(F)cc(OCCSC(F)(F)F)c1. The van der Waals surface area contributed by atoms with Gasteiger partial charge in [-0.15, -0.1) is 0 Å². The van der Waals surface area contributed by atoms with Crippen molar-refractivity contribution in [1.82, 2.24) is 5.32 Å². The molecule has 0 aliphatic rings. The van der Waals surface area contributed by atoms with Crippen LogP contribution in [0.2, 0.25) is 0 Å². The Hall–Kier alpha value is -0.950. The van der Waals surface area contributed by atoms with Crippen molar-refractivity contribution in [2.75, 3.05) is 12.4 Å². The smallest absolute Gasteiger partial charge is 0.441 e. The molecule has 1 N–H and O–H groups in total. The summed E-state index contributed by atoms with van der Waals surface area (Å²) in [5.41, 5.74) is -3.70. The fourth-order valence-electron chi connectivity index (χ4n) is 1.49. The van der Waals surface area contributed by atoms with Crippen LogP contribution in [-0.2, 0) is 6.54 Å². The molecule has 0 unspecified atom stereocenters. The summed E-state index contributed by atoms with van der Waals surface area (Å²) in [7, 11) is 0. The van der Waals surface area contributed by atoms with Gasteiger partial charge in [0.2, 0.25) is 0 Å². The Bertz CT molecular complexity index is 457. The average Bonchev–Trinajstić information content (AvgIpc) is 2.30. The van der Waals surface area contributed by atoms with Gasteiger partial charge in [0.1, 0.15) is 11.6 Å². The van der Waals surface area contributed by atoms with Gasteiger partial charge in [-0.3, -0.25) is 0 Å². The number of thioether (sulfide) groups is 1. The van der Waals surface area contributed by atoms with Crippen LogP contribution in [0.1, 0.15) is 26.3 Å². The molecule has 0 fully saturated rings. The highest BCUT2D eigenvalue weighted by Gasteiger charge is 2.27. The van der Waals surface area contributed by atoms with Crippen molar-refractivity contribution >= 4 is 11.8 Å². The molecule has 1 aromatic rings. The molecule has 7 heteroatoms. The number of halogens is 4. The van der Waals surface area contributed by atoms with E-state index in [1.165, 1.54) is 12.1 Å². The van der Waals surface area contributed by atoms with E-state index in [1.807, 2.05) is 20.8 Å². The van der Waals surface area contributed by atoms with Gasteiger partial charge in [-0.1, -0.05) is 0 Å². The van der Waals surface area contributed by atoms with Crippen molar-refractivity contribution in [2.45, 2.75) is 38.4 Å². The molecule has 0 atom stereocenters. The maximum atomic E-state index is 13.5. The molecule has 0 bridgehead atoms. The Labute approximate surface area is 126 Å². The van der Waals surface area contributed by atoms with Gasteiger partial charge in [-0.2, -0.15) is 13.2 Å². The van der Waals surface area contributed by atoms with Gasteiger partial charge < -0.3 is 10.1 Å². The lowest BCUT2D eigenvalue weighted by Gasteiger charge is -2.20. The fraction of sp³-hybridized carbons (Fsp3) is 0.571. The first-order chi connectivity index (χ1) is 9.55. The summed E-state index contributed by atoms with van der Waals surface area (Å²) in [5.74, 6) is -0.458. The third-order valence-corrected chi connectivity index (χ3v) is 3.07. The predicted octanol–water partition coefficient (Wildman–Crippen LogP) is 4.35. The minimum absolute atomic E-state index is 0.114. The second-order valence-corrected chi connectivity index (χ2v) is 6.70. The van der Waals surface area contributed by atoms with Crippen LogP contribution in [-0.4, -0.2) is 23.4 Å². The predicted molar refractivity (Wildman–Crippen MR) is 77.0 cm³/mol. The molecular formula is C14H19F4NOS. The molecular weight excluding hydrogens is 306 g/mol. The summed E-state index contributed by atoms with van der Waals surface area (Å²) in [4.78, 5) is 0. The van der Waals surface area contributed by atoms with Gasteiger partial charge in [0.25, 0.3) is 0 Å². The van der Waals surface area contributed by atoms with Gasteiger partial charge in [-0.25, -0.2) is 4.39 Å². The van der Waals surface area contributed by atoms with Gasteiger partial charge >= 0.3 is 5.51 Å². The number of benzene rings is 1. The van der Waals surface area contributed by atoms with E-state index < -0.39 is 11.3 Å². The third kappa shape index (κ3) is 8.83. The van der Waals surface area contributed by atoms with Crippen LogP contribution in [0.5, 0.6) is 5.75 Å². The van der Waals surface area contributed by atoms with E-state index in [9.17, 15) is 17.6 Å². The Morgan fingerprint density at radius 3 is 2.38 bits per heavy atom. The lowest BCUT2D eigenvalue weighted by Crippen LogP contribution is -2.35. The zero-order chi connectivity index (χ0) is 16.1. The monoisotopic (exact) mass is 325 g/mol. The molecule has 0 heterocycles. The van der Waals surface area contributed by atoms with Crippen molar-refractivity contribution in [2.24, 2.45) is 0 Å². The lowest BCUT2D eigenvalue weighted by atomic mass is 10.1. The number of hydrogen-bond donors (Lipinski definition) is 1. The second kappa shape index (κ2) is 7.35. The molecule has 1 rings (SSSR count). The highest BCUT2D eigenvalue weighted by molar-refractivity contribution is 8.00. The zero-order valence-electron chi connectivity index (χ0n) is 12.2. The van der Waals surface area contributed by atoms with Crippen LogP contribution in [0, 0.1) is 5.82 Å². The van der Waals surface area contributed by atoms with Gasteiger partial charge in [-0.05, 0) is 50.2 Å². The molecule has 2 nitrogen and oxygen atoms in total. The Morgan fingerprint density at radius 2 is 1.81 bits per heavy atom. The van der Waals surface area contributed by atoms with Crippen molar-refractivity contribution in [3.63, 3.8) is 0 Å². The number of hydrogen-bond acceptors (Lipinski definition) is 3. The summed E-state index contributed by atoms with van der Waals surface area (Å²) < 4.78 is 54.5. The molecule has 21 heavy (non-hydrogen) atoms. The van der Waals surface area contributed by atoms with E-state index in [0.29, 0.717) is 12.1 Å². The van der Waals surface area contributed by atoms with Crippen LogP contribution >= 0.6 is 11.8 Å². The van der Waals surface area contributed by atoms with E-state index in [-0.39, 0.29) is 35.4 Å². The molecule has 1 aromatic carbocycles. The number of ether oxygens (including phenoxy) is 1. The first kappa shape index (κ1) is 18.1. The second-order valence-electron chi connectivity index (χ2n) is 5.54. The van der Waals surface area contributed by atoms with Crippen molar-refractivity contribution in [3.05, 3.63) is 29.6 Å². The lowest BCUT2D eigenvalue weighted by molar-refractivity contribution is -0.0329. The van der Waals surface area contributed by atoms with Crippen molar-refractivity contribution < 1.29 is 22.3 Å². The van der Waals surface area contributed by atoms with E-state index in [0.717, 1.165) is 0 Å². The molecule has 0 saturated heterocycles. The Balaban J connectivity index is 2.53. The summed E-state index contributed by atoms with van der Waals surface area (Å²) in [6.45, 7) is 6.28. The van der Waals surface area contributed by atoms with E-state index in [2.05, 4.69) is 5.32 Å². The molecule has 0 amide bonds. The molecule has 0 aliphatic carbocycles. The maximum absolute atomic E-state index is 13.5. The number of alkyl halides is 3. The Morgan fingerprint density at radius 1 is 1.14 bits per heavy atom. The number of nitrogens with one attached hydrogen (secondary N) is 1. The van der Waals surface area contributed by atoms with Crippen molar-refractivity contribution in [3.8, 4) is 5.75 Å². The standard InChI is InChI=1S/C14H19F4NOS/c1-13(2,3)19-9-10-6-11(15)8-12(7-10)20-4-5-21-14(16,17)18/h6-8,19H,4-5,9H2,1-3H3. The quantitative estimate of drug-likeness (QED) is 0.621. The fourth-order valence-corrected chi connectivity index (χ4v) is 1.89. The zero-order valence-corrected chi connectivity index (χ0v) is 13.0. The molecule has 0 aliphatic heterocycles. The third-order valence-electron chi connectivity index (χ3n) is 2.37. The van der Waals surface area contributed by atoms with Crippen LogP contribution in [0.25, 0.3) is 0 Å². The summed E-state index contributed by atoms with van der Waals surface area (Å²) in [5, 5.41) is 3.20. The maximum Gasteiger partial charge on any atom is 0.441 e. The molecule has 0 spiro atoms. The van der Waals surface area contributed by atoms with Gasteiger partial charge in [0.05, 0.1) is 6.61 Å². The van der Waals surface area contributed by atoms with Gasteiger partial charge in [0.15, 0.2) is 0 Å². The highest BCUT2D eigenvalue weighted by Crippen LogP contribution is 2.29. The minimum atomic E-state index is -4.27. The minimum Gasteiger partial charge on any atom is -0.493 e. The normalized spacial score (nSPS) is 12.5. The topological polar surface area (TPSA) is 21.3 Å². The summed E-state index contributed by atoms with van der Waals surface area (Å²) in [6, 6.07) is 4.16. The highest BCUT2D eigenvalue weighted by atomic mass is 32.2. The van der Waals surface area contributed by atoms with E-state index >= 15 is 0 Å². The first-order valence-electron chi connectivity index (χ1n) is 6.43. The van der Waals surface area contributed by atoms with Crippen molar-refractivity contribution in [1.29, 1.82) is 0 Å². The summed E-state index contributed by atoms with van der Waals surface area (Å²) in [6.07, 6.45) is 0. The molecule has 0 radical (unpaired) electrons. The van der Waals surface area contributed by atoms with Gasteiger partial charge in [0, 0.05) is 23.9 Å². The van der Waals surface area contributed by atoms with E-state index in [1.54, 1.807) is 6.07 Å².